The lowest BCUT2D eigenvalue weighted by atomic mass is 10.0. The second-order valence-electron chi connectivity index (χ2n) is 5.21. The predicted molar refractivity (Wildman–Crippen MR) is 82.6 cm³/mol. The molecule has 3 rings (SSSR count). The maximum atomic E-state index is 13.1. The summed E-state index contributed by atoms with van der Waals surface area (Å²) >= 11 is 1.89. The molecule has 4 heteroatoms. The molecule has 0 spiro atoms. The molecule has 1 aliphatic heterocycles. The largest absolute Gasteiger partial charge is 0.310 e. The highest BCUT2D eigenvalue weighted by Gasteiger charge is 2.19. The SMILES string of the molecule is Fc1cc(F)cc(CCNC2CCSc3ccccc32)c1. The number of hydrogen-bond acceptors (Lipinski definition) is 2. The maximum Gasteiger partial charge on any atom is 0.126 e. The number of rotatable bonds is 4. The van der Waals surface area contributed by atoms with Crippen molar-refractivity contribution in [1.29, 1.82) is 0 Å². The number of hydrogen-bond donors (Lipinski definition) is 1. The zero-order valence-electron chi connectivity index (χ0n) is 11.6. The standard InChI is InChI=1S/C17H17F2NS/c18-13-9-12(10-14(19)11-13)5-7-20-16-6-8-21-17-4-2-1-3-15(16)17/h1-4,9-11,16,20H,5-8H2. The number of nitrogens with one attached hydrogen (secondary N) is 1. The van der Waals surface area contributed by atoms with E-state index in [1.54, 1.807) is 0 Å². The summed E-state index contributed by atoms with van der Waals surface area (Å²) in [6.45, 7) is 0.715. The van der Waals surface area contributed by atoms with Gasteiger partial charge in [-0.15, -0.1) is 11.8 Å². The lowest BCUT2D eigenvalue weighted by molar-refractivity contribution is 0.512. The van der Waals surface area contributed by atoms with Crippen LogP contribution >= 0.6 is 11.8 Å². The van der Waals surface area contributed by atoms with Gasteiger partial charge in [0.1, 0.15) is 11.6 Å². The molecule has 1 aliphatic rings. The Morgan fingerprint density at radius 2 is 1.86 bits per heavy atom. The Morgan fingerprint density at radius 1 is 1.10 bits per heavy atom. The van der Waals surface area contributed by atoms with Gasteiger partial charge < -0.3 is 5.32 Å². The van der Waals surface area contributed by atoms with E-state index in [1.165, 1.54) is 22.6 Å². The molecule has 1 atom stereocenters. The fourth-order valence-electron chi connectivity index (χ4n) is 2.70. The molecule has 0 aromatic heterocycles. The van der Waals surface area contributed by atoms with Crippen molar-refractivity contribution in [2.75, 3.05) is 12.3 Å². The van der Waals surface area contributed by atoms with E-state index in [9.17, 15) is 8.78 Å². The first-order valence-electron chi connectivity index (χ1n) is 7.12. The molecule has 0 saturated carbocycles. The second-order valence-corrected chi connectivity index (χ2v) is 6.35. The van der Waals surface area contributed by atoms with Crippen molar-refractivity contribution in [3.8, 4) is 0 Å². The minimum Gasteiger partial charge on any atom is -0.310 e. The van der Waals surface area contributed by atoms with Gasteiger partial charge in [-0.1, -0.05) is 18.2 Å². The smallest absolute Gasteiger partial charge is 0.126 e. The monoisotopic (exact) mass is 305 g/mol. The van der Waals surface area contributed by atoms with Gasteiger partial charge in [-0.25, -0.2) is 8.78 Å². The predicted octanol–water partition coefficient (Wildman–Crippen LogP) is 4.33. The van der Waals surface area contributed by atoms with E-state index in [-0.39, 0.29) is 0 Å². The molecular formula is C17H17F2NS. The molecule has 110 valence electrons. The van der Waals surface area contributed by atoms with Crippen LogP contribution in [0.3, 0.4) is 0 Å². The summed E-state index contributed by atoms with van der Waals surface area (Å²) in [6.07, 6.45) is 1.71. The molecule has 0 bridgehead atoms. The van der Waals surface area contributed by atoms with Gasteiger partial charge in [0, 0.05) is 17.0 Å². The molecule has 0 saturated heterocycles. The summed E-state index contributed by atoms with van der Waals surface area (Å²) in [7, 11) is 0. The molecule has 0 amide bonds. The topological polar surface area (TPSA) is 12.0 Å². The highest BCUT2D eigenvalue weighted by atomic mass is 32.2. The van der Waals surface area contributed by atoms with E-state index in [0.717, 1.165) is 18.2 Å². The minimum absolute atomic E-state index is 0.334. The Labute approximate surface area is 127 Å². The molecule has 2 aromatic rings. The van der Waals surface area contributed by atoms with Crippen LogP contribution in [0.15, 0.2) is 47.4 Å². The van der Waals surface area contributed by atoms with Gasteiger partial charge in [0.25, 0.3) is 0 Å². The fraction of sp³-hybridized carbons (Fsp3) is 0.294. The molecule has 1 unspecified atom stereocenters. The van der Waals surface area contributed by atoms with Gasteiger partial charge in [-0.2, -0.15) is 0 Å². The van der Waals surface area contributed by atoms with Crippen molar-refractivity contribution >= 4 is 11.8 Å². The molecule has 0 radical (unpaired) electrons. The summed E-state index contributed by atoms with van der Waals surface area (Å²) in [5.74, 6) is 0.0809. The number of halogens is 2. The van der Waals surface area contributed by atoms with E-state index < -0.39 is 11.6 Å². The Kier molecular flexibility index (Phi) is 4.56. The highest BCUT2D eigenvalue weighted by molar-refractivity contribution is 7.99. The quantitative estimate of drug-likeness (QED) is 0.902. The first-order valence-corrected chi connectivity index (χ1v) is 8.11. The van der Waals surface area contributed by atoms with E-state index >= 15 is 0 Å². The van der Waals surface area contributed by atoms with Crippen molar-refractivity contribution in [3.05, 3.63) is 65.2 Å². The summed E-state index contributed by atoms with van der Waals surface area (Å²) in [6, 6.07) is 12.5. The van der Waals surface area contributed by atoms with Gasteiger partial charge in [-0.05, 0) is 54.5 Å². The second kappa shape index (κ2) is 6.58. The number of benzene rings is 2. The van der Waals surface area contributed by atoms with Crippen molar-refractivity contribution < 1.29 is 8.78 Å². The summed E-state index contributed by atoms with van der Waals surface area (Å²) in [4.78, 5) is 1.33. The molecule has 21 heavy (non-hydrogen) atoms. The molecule has 1 nitrogen and oxygen atoms in total. The Balaban J connectivity index is 1.61. The van der Waals surface area contributed by atoms with Crippen molar-refractivity contribution in [2.24, 2.45) is 0 Å². The molecule has 1 N–H and O–H groups in total. The van der Waals surface area contributed by atoms with Crippen LogP contribution in [0.1, 0.15) is 23.6 Å². The lowest BCUT2D eigenvalue weighted by Gasteiger charge is -2.26. The van der Waals surface area contributed by atoms with Crippen LogP contribution in [0.25, 0.3) is 0 Å². The number of fused-ring (bicyclic) bond motifs is 1. The van der Waals surface area contributed by atoms with E-state index in [4.69, 9.17) is 0 Å². The zero-order valence-corrected chi connectivity index (χ0v) is 12.4. The van der Waals surface area contributed by atoms with Crippen molar-refractivity contribution in [2.45, 2.75) is 23.8 Å². The first kappa shape index (κ1) is 14.5. The summed E-state index contributed by atoms with van der Waals surface area (Å²) < 4.78 is 26.3. The summed E-state index contributed by atoms with van der Waals surface area (Å²) in [5.41, 5.74) is 2.03. The van der Waals surface area contributed by atoms with Crippen LogP contribution in [-0.4, -0.2) is 12.3 Å². The minimum atomic E-state index is -0.510. The van der Waals surface area contributed by atoms with Crippen LogP contribution in [-0.2, 0) is 6.42 Å². The average Bonchev–Trinajstić information content (AvgIpc) is 2.46. The molecule has 2 aromatic carbocycles. The third-order valence-corrected chi connectivity index (χ3v) is 4.81. The Morgan fingerprint density at radius 3 is 2.67 bits per heavy atom. The van der Waals surface area contributed by atoms with E-state index in [2.05, 4.69) is 29.6 Å². The van der Waals surface area contributed by atoms with Gasteiger partial charge in [0.2, 0.25) is 0 Å². The summed E-state index contributed by atoms with van der Waals surface area (Å²) in [5, 5.41) is 3.51. The van der Waals surface area contributed by atoms with Gasteiger partial charge in [0.15, 0.2) is 0 Å². The van der Waals surface area contributed by atoms with Crippen LogP contribution in [0.4, 0.5) is 8.78 Å². The van der Waals surface area contributed by atoms with Crippen molar-refractivity contribution in [3.63, 3.8) is 0 Å². The third-order valence-electron chi connectivity index (χ3n) is 3.69. The van der Waals surface area contributed by atoms with Crippen LogP contribution in [0, 0.1) is 11.6 Å². The Hall–Kier alpha value is -1.39. The molecular weight excluding hydrogens is 288 g/mol. The fourth-order valence-corrected chi connectivity index (χ4v) is 3.83. The highest BCUT2D eigenvalue weighted by Crippen LogP contribution is 2.35. The maximum absolute atomic E-state index is 13.1. The van der Waals surface area contributed by atoms with Crippen LogP contribution in [0.2, 0.25) is 0 Å². The first-order chi connectivity index (χ1) is 10.2. The van der Waals surface area contributed by atoms with E-state index in [1.807, 2.05) is 11.8 Å². The van der Waals surface area contributed by atoms with E-state index in [0.29, 0.717) is 24.6 Å². The van der Waals surface area contributed by atoms with Gasteiger partial charge in [-0.3, -0.25) is 0 Å². The lowest BCUT2D eigenvalue weighted by Crippen LogP contribution is -2.26. The average molecular weight is 305 g/mol. The number of thioether (sulfide) groups is 1. The molecule has 0 aliphatic carbocycles. The van der Waals surface area contributed by atoms with Crippen molar-refractivity contribution in [1.82, 2.24) is 5.32 Å². The third kappa shape index (κ3) is 3.63. The van der Waals surface area contributed by atoms with Crippen LogP contribution in [0.5, 0.6) is 0 Å². The Bertz CT molecular complexity index is 610. The normalized spacial score (nSPS) is 17.5. The van der Waals surface area contributed by atoms with Gasteiger partial charge in [0.05, 0.1) is 0 Å². The van der Waals surface area contributed by atoms with Crippen LogP contribution < -0.4 is 5.32 Å². The van der Waals surface area contributed by atoms with Gasteiger partial charge >= 0.3 is 0 Å². The molecule has 1 heterocycles. The molecule has 0 fully saturated rings. The zero-order chi connectivity index (χ0) is 14.7.